The third-order valence-electron chi connectivity index (χ3n) is 1.09. The summed E-state index contributed by atoms with van der Waals surface area (Å²) in [6.45, 7) is 2.44. The van der Waals surface area contributed by atoms with Gasteiger partial charge in [0.05, 0.1) is 6.61 Å². The van der Waals surface area contributed by atoms with E-state index in [1.54, 1.807) is 12.1 Å². The van der Waals surface area contributed by atoms with Crippen molar-refractivity contribution in [2.24, 2.45) is 0 Å². The van der Waals surface area contributed by atoms with Crippen LogP contribution in [0.3, 0.4) is 0 Å². The fourth-order valence-electron chi connectivity index (χ4n) is 0.713. The first kappa shape index (κ1) is 8.14. The highest BCUT2D eigenvalue weighted by atomic mass is 35.5. The molecule has 0 aromatic carbocycles. The monoisotopic (exact) mass is 172 g/mol. The molecule has 0 aliphatic rings. The number of anilines is 1. The lowest BCUT2D eigenvalue weighted by Crippen LogP contribution is -1.96. The van der Waals surface area contributed by atoms with Gasteiger partial charge in [-0.1, -0.05) is 11.6 Å². The number of hydrogen-bond donors (Lipinski definition) is 1. The number of nitrogen functional groups attached to an aromatic ring is 1. The Morgan fingerprint density at radius 1 is 1.64 bits per heavy atom. The predicted octanol–water partition coefficient (Wildman–Crippen LogP) is 1.72. The van der Waals surface area contributed by atoms with Gasteiger partial charge in [0.2, 0.25) is 5.88 Å². The molecule has 0 aliphatic carbocycles. The van der Waals surface area contributed by atoms with Crippen molar-refractivity contribution in [3.8, 4) is 5.88 Å². The minimum absolute atomic E-state index is 0.355. The van der Waals surface area contributed by atoms with Gasteiger partial charge in [0.15, 0.2) is 0 Å². The quantitative estimate of drug-likeness (QED) is 0.691. The zero-order valence-corrected chi connectivity index (χ0v) is 6.93. The first-order chi connectivity index (χ1) is 5.22. The second-order valence-electron chi connectivity index (χ2n) is 1.99. The summed E-state index contributed by atoms with van der Waals surface area (Å²) in [7, 11) is 0. The average Bonchev–Trinajstić information content (AvgIpc) is 1.85. The summed E-state index contributed by atoms with van der Waals surface area (Å²) in [6.07, 6.45) is 0. The fraction of sp³-hybridized carbons (Fsp3) is 0.286. The molecule has 4 heteroatoms. The fourth-order valence-corrected chi connectivity index (χ4v) is 0.923. The topological polar surface area (TPSA) is 48.1 Å². The molecular weight excluding hydrogens is 164 g/mol. The molecule has 1 rings (SSSR count). The van der Waals surface area contributed by atoms with Crippen molar-refractivity contribution in [2.75, 3.05) is 12.3 Å². The Hall–Kier alpha value is -0.960. The predicted molar refractivity (Wildman–Crippen MR) is 44.8 cm³/mol. The Balaban J connectivity index is 2.89. The lowest BCUT2D eigenvalue weighted by Gasteiger charge is -2.02. The first-order valence-corrected chi connectivity index (χ1v) is 3.66. The van der Waals surface area contributed by atoms with Gasteiger partial charge in [-0.2, -0.15) is 0 Å². The Bertz CT molecular complexity index is 232. The summed E-state index contributed by atoms with van der Waals surface area (Å²) >= 11 is 5.61. The van der Waals surface area contributed by atoms with Gasteiger partial charge in [0.25, 0.3) is 0 Å². The molecule has 0 amide bonds. The van der Waals surface area contributed by atoms with Crippen LogP contribution in [0.2, 0.25) is 5.15 Å². The van der Waals surface area contributed by atoms with E-state index in [0.29, 0.717) is 23.3 Å². The highest BCUT2D eigenvalue weighted by molar-refractivity contribution is 6.29. The van der Waals surface area contributed by atoms with E-state index in [4.69, 9.17) is 22.1 Å². The average molecular weight is 173 g/mol. The largest absolute Gasteiger partial charge is 0.478 e. The molecule has 0 aliphatic heterocycles. The molecule has 0 atom stereocenters. The lowest BCUT2D eigenvalue weighted by molar-refractivity contribution is 0.327. The van der Waals surface area contributed by atoms with Crippen LogP contribution in [0.1, 0.15) is 6.92 Å². The number of nitrogens with zero attached hydrogens (tertiary/aromatic N) is 1. The molecule has 0 saturated heterocycles. The van der Waals surface area contributed by atoms with Crippen molar-refractivity contribution in [2.45, 2.75) is 6.92 Å². The Kier molecular flexibility index (Phi) is 2.54. The normalized spacial score (nSPS) is 9.64. The van der Waals surface area contributed by atoms with Crippen LogP contribution in [0, 0.1) is 0 Å². The minimum atomic E-state index is 0.355. The number of ether oxygens (including phenoxy) is 1. The first-order valence-electron chi connectivity index (χ1n) is 3.28. The molecule has 1 aromatic rings. The van der Waals surface area contributed by atoms with E-state index in [-0.39, 0.29) is 0 Å². The van der Waals surface area contributed by atoms with Crippen LogP contribution in [0.5, 0.6) is 5.88 Å². The van der Waals surface area contributed by atoms with E-state index in [1.165, 1.54) is 0 Å². The second kappa shape index (κ2) is 3.44. The van der Waals surface area contributed by atoms with E-state index in [0.717, 1.165) is 0 Å². The Morgan fingerprint density at radius 2 is 2.36 bits per heavy atom. The van der Waals surface area contributed by atoms with Crippen LogP contribution >= 0.6 is 11.6 Å². The molecule has 0 fully saturated rings. The maximum Gasteiger partial charge on any atom is 0.216 e. The van der Waals surface area contributed by atoms with Gasteiger partial charge in [-0.15, -0.1) is 0 Å². The van der Waals surface area contributed by atoms with Crippen LogP contribution in [0.25, 0.3) is 0 Å². The van der Waals surface area contributed by atoms with Crippen molar-refractivity contribution in [3.05, 3.63) is 17.3 Å². The van der Waals surface area contributed by atoms with Crippen molar-refractivity contribution in [1.29, 1.82) is 0 Å². The van der Waals surface area contributed by atoms with E-state index < -0.39 is 0 Å². The minimum Gasteiger partial charge on any atom is -0.478 e. The van der Waals surface area contributed by atoms with Crippen molar-refractivity contribution in [1.82, 2.24) is 4.98 Å². The third-order valence-corrected chi connectivity index (χ3v) is 1.28. The second-order valence-corrected chi connectivity index (χ2v) is 2.38. The molecular formula is C7H9ClN2O. The Labute approximate surface area is 70.1 Å². The summed E-state index contributed by atoms with van der Waals surface area (Å²) in [5.74, 6) is 0.470. The maximum absolute atomic E-state index is 5.61. The molecule has 0 spiro atoms. The molecule has 2 N–H and O–H groups in total. The zero-order valence-electron chi connectivity index (χ0n) is 6.17. The summed E-state index contributed by atoms with van der Waals surface area (Å²) in [5, 5.41) is 0.355. The molecule has 0 saturated carbocycles. The van der Waals surface area contributed by atoms with Gasteiger partial charge in [-0.05, 0) is 13.0 Å². The number of nitrogens with two attached hydrogens (primary N) is 1. The number of rotatable bonds is 2. The Morgan fingerprint density at radius 3 is 2.91 bits per heavy atom. The molecule has 11 heavy (non-hydrogen) atoms. The van der Waals surface area contributed by atoms with Crippen LogP contribution in [0.15, 0.2) is 12.1 Å². The van der Waals surface area contributed by atoms with Gasteiger partial charge < -0.3 is 10.5 Å². The highest BCUT2D eigenvalue weighted by Gasteiger charge is 1.97. The van der Waals surface area contributed by atoms with Crippen LogP contribution < -0.4 is 10.5 Å². The van der Waals surface area contributed by atoms with Gasteiger partial charge in [-0.25, -0.2) is 4.98 Å². The number of halogens is 1. The number of hydrogen-bond acceptors (Lipinski definition) is 3. The maximum atomic E-state index is 5.61. The summed E-state index contributed by atoms with van der Waals surface area (Å²) < 4.78 is 5.09. The molecule has 1 heterocycles. The molecule has 0 unspecified atom stereocenters. The van der Waals surface area contributed by atoms with Gasteiger partial charge in [0.1, 0.15) is 5.15 Å². The smallest absolute Gasteiger partial charge is 0.216 e. The van der Waals surface area contributed by atoms with Crippen molar-refractivity contribution in [3.63, 3.8) is 0 Å². The van der Waals surface area contributed by atoms with E-state index in [2.05, 4.69) is 4.98 Å². The van der Waals surface area contributed by atoms with Crippen LogP contribution in [-0.4, -0.2) is 11.6 Å². The molecule has 0 bridgehead atoms. The van der Waals surface area contributed by atoms with E-state index in [9.17, 15) is 0 Å². The number of pyridine rings is 1. The summed E-state index contributed by atoms with van der Waals surface area (Å²) in [5.41, 5.74) is 6.05. The van der Waals surface area contributed by atoms with Gasteiger partial charge >= 0.3 is 0 Å². The summed E-state index contributed by atoms with van der Waals surface area (Å²) in [4.78, 5) is 3.89. The van der Waals surface area contributed by atoms with Crippen molar-refractivity contribution < 1.29 is 4.74 Å². The highest BCUT2D eigenvalue weighted by Crippen LogP contribution is 2.17. The van der Waals surface area contributed by atoms with Crippen LogP contribution in [0.4, 0.5) is 5.69 Å². The van der Waals surface area contributed by atoms with Crippen LogP contribution in [-0.2, 0) is 0 Å². The van der Waals surface area contributed by atoms with Crippen molar-refractivity contribution >= 4 is 17.3 Å². The van der Waals surface area contributed by atoms with E-state index in [1.807, 2.05) is 6.92 Å². The third kappa shape index (κ3) is 2.27. The molecule has 3 nitrogen and oxygen atoms in total. The summed E-state index contributed by atoms with van der Waals surface area (Å²) in [6, 6.07) is 3.21. The zero-order chi connectivity index (χ0) is 8.27. The molecule has 1 aromatic heterocycles. The molecule has 60 valence electrons. The standard InChI is InChI=1S/C7H9ClN2O/c1-2-11-7-4-5(9)3-6(8)10-7/h3-4H,2H2,1H3,(H2,9,10). The lowest BCUT2D eigenvalue weighted by atomic mass is 10.4. The van der Waals surface area contributed by atoms with E-state index >= 15 is 0 Å². The number of aromatic nitrogens is 1. The SMILES string of the molecule is CCOc1cc(N)cc(Cl)n1. The van der Waals surface area contributed by atoms with Gasteiger partial charge in [-0.3, -0.25) is 0 Å². The van der Waals surface area contributed by atoms with Gasteiger partial charge in [0, 0.05) is 11.8 Å². The molecule has 0 radical (unpaired) electrons.